The van der Waals surface area contributed by atoms with Gasteiger partial charge in [-0.2, -0.15) is 28.1 Å². The normalized spacial score (nSPS) is 13.2. The highest BCUT2D eigenvalue weighted by molar-refractivity contribution is 7.19. The summed E-state index contributed by atoms with van der Waals surface area (Å²) in [6.45, 7) is 1.79. The molecule has 1 aromatic carbocycles. The third-order valence-corrected chi connectivity index (χ3v) is 4.70. The number of benzene rings is 1. The third-order valence-electron chi connectivity index (χ3n) is 3.18. The first kappa shape index (κ1) is 16.7. The lowest BCUT2D eigenvalue weighted by Gasteiger charge is -2.13. The van der Waals surface area contributed by atoms with Crippen LogP contribution in [0.1, 0.15) is 23.7 Å². The molecule has 5 nitrogen and oxygen atoms in total. The van der Waals surface area contributed by atoms with Crippen molar-refractivity contribution in [3.05, 3.63) is 40.0 Å². The molecular weight excluding hydrogens is 363 g/mol. The maximum atomic E-state index is 12.7. The lowest BCUT2D eigenvalue weighted by molar-refractivity contribution is -0.144. The van der Waals surface area contributed by atoms with Crippen LogP contribution in [0, 0.1) is 0 Å². The Morgan fingerprint density at radius 1 is 1.21 bits per heavy atom. The Bertz CT molecular complexity index is 896. The van der Waals surface area contributed by atoms with Crippen molar-refractivity contribution in [3.8, 4) is 0 Å². The highest BCUT2D eigenvalue weighted by atomic mass is 35.5. The molecule has 0 spiro atoms. The van der Waals surface area contributed by atoms with Crippen molar-refractivity contribution < 1.29 is 13.2 Å². The smallest absolute Gasteiger partial charge is 0.368 e. The zero-order chi connectivity index (χ0) is 17.5. The summed E-state index contributed by atoms with van der Waals surface area (Å²) in [7, 11) is 0. The van der Waals surface area contributed by atoms with Crippen LogP contribution in [-0.4, -0.2) is 15.0 Å². The Hall–Kier alpha value is -2.13. The van der Waals surface area contributed by atoms with E-state index in [9.17, 15) is 13.2 Å². The summed E-state index contributed by atoms with van der Waals surface area (Å²) in [6, 6.07) is 7.11. The van der Waals surface area contributed by atoms with Crippen LogP contribution in [0.25, 0.3) is 10.1 Å². The molecule has 3 N–H and O–H groups in total. The van der Waals surface area contributed by atoms with Crippen LogP contribution in [0.5, 0.6) is 0 Å². The van der Waals surface area contributed by atoms with Crippen LogP contribution in [0.4, 0.5) is 25.1 Å². The van der Waals surface area contributed by atoms with Gasteiger partial charge in [-0.3, -0.25) is 0 Å². The second-order valence-corrected chi connectivity index (χ2v) is 6.59. The van der Waals surface area contributed by atoms with Crippen LogP contribution < -0.4 is 11.1 Å². The van der Waals surface area contributed by atoms with Crippen LogP contribution in [0.2, 0.25) is 5.02 Å². The molecule has 0 radical (unpaired) electrons. The van der Waals surface area contributed by atoms with Gasteiger partial charge in [-0.15, -0.1) is 11.3 Å². The molecule has 2 heterocycles. The molecule has 0 saturated heterocycles. The number of fused-ring (bicyclic) bond motifs is 1. The number of anilines is 2. The van der Waals surface area contributed by atoms with Crippen molar-refractivity contribution in [2.75, 3.05) is 11.1 Å². The van der Waals surface area contributed by atoms with E-state index in [0.29, 0.717) is 5.02 Å². The van der Waals surface area contributed by atoms with Gasteiger partial charge >= 0.3 is 6.18 Å². The average molecular weight is 374 g/mol. The fourth-order valence-electron chi connectivity index (χ4n) is 2.09. The van der Waals surface area contributed by atoms with Crippen LogP contribution in [0.15, 0.2) is 24.3 Å². The monoisotopic (exact) mass is 373 g/mol. The zero-order valence-electron chi connectivity index (χ0n) is 12.2. The fourth-order valence-corrected chi connectivity index (χ4v) is 3.43. The number of halogens is 4. The van der Waals surface area contributed by atoms with Gasteiger partial charge in [0.05, 0.1) is 6.04 Å². The summed E-state index contributed by atoms with van der Waals surface area (Å²) >= 11 is 7.44. The standard InChI is InChI=1S/C14H11ClF3N5S/c1-6(9-4-7-2-3-8(15)5-10(7)24-9)20-13-22-11(14(16,17)18)21-12(19)23-13/h2-6H,1H3,(H3,19,20,21,22,23). The zero-order valence-corrected chi connectivity index (χ0v) is 13.8. The average Bonchev–Trinajstić information content (AvgIpc) is 2.88. The minimum Gasteiger partial charge on any atom is -0.368 e. The van der Waals surface area contributed by atoms with Gasteiger partial charge in [0, 0.05) is 14.6 Å². The molecule has 3 rings (SSSR count). The fraction of sp³-hybridized carbons (Fsp3) is 0.214. The van der Waals surface area contributed by atoms with Gasteiger partial charge in [-0.05, 0) is 30.5 Å². The molecule has 24 heavy (non-hydrogen) atoms. The summed E-state index contributed by atoms with van der Waals surface area (Å²) in [5.74, 6) is -2.04. The van der Waals surface area contributed by atoms with E-state index in [1.54, 1.807) is 13.0 Å². The minimum atomic E-state index is -4.69. The Kier molecular flexibility index (Phi) is 4.22. The van der Waals surface area contributed by atoms with Crippen molar-refractivity contribution in [1.29, 1.82) is 0 Å². The summed E-state index contributed by atoms with van der Waals surface area (Å²) < 4.78 is 39.2. The molecular formula is C14H11ClF3N5S. The number of rotatable bonds is 3. The molecule has 3 aromatic rings. The first-order chi connectivity index (χ1) is 11.2. The maximum Gasteiger partial charge on any atom is 0.451 e. The van der Waals surface area contributed by atoms with Gasteiger partial charge in [0.1, 0.15) is 0 Å². The highest BCUT2D eigenvalue weighted by Gasteiger charge is 2.35. The number of nitrogens with two attached hydrogens (primary N) is 1. The molecule has 0 saturated carbocycles. The van der Waals surface area contributed by atoms with E-state index < -0.39 is 17.9 Å². The van der Waals surface area contributed by atoms with Crippen molar-refractivity contribution in [2.24, 2.45) is 0 Å². The highest BCUT2D eigenvalue weighted by Crippen LogP contribution is 2.33. The van der Waals surface area contributed by atoms with Gasteiger partial charge in [0.2, 0.25) is 17.7 Å². The topological polar surface area (TPSA) is 76.7 Å². The molecule has 10 heteroatoms. The number of aromatic nitrogens is 3. The molecule has 1 atom stereocenters. The molecule has 2 aromatic heterocycles. The van der Waals surface area contributed by atoms with E-state index in [-0.39, 0.29) is 12.0 Å². The summed E-state index contributed by atoms with van der Waals surface area (Å²) in [4.78, 5) is 11.1. The Balaban J connectivity index is 1.88. The van der Waals surface area contributed by atoms with Gasteiger partial charge in [0.25, 0.3) is 0 Å². The second kappa shape index (κ2) is 6.06. The summed E-state index contributed by atoms with van der Waals surface area (Å²) in [5.41, 5.74) is 5.33. The summed E-state index contributed by atoms with van der Waals surface area (Å²) in [6.07, 6.45) is -4.69. The Morgan fingerprint density at radius 3 is 2.67 bits per heavy atom. The molecule has 0 aliphatic carbocycles. The number of alkyl halides is 3. The first-order valence-electron chi connectivity index (χ1n) is 6.76. The number of thiophene rings is 1. The van der Waals surface area contributed by atoms with E-state index in [0.717, 1.165) is 15.0 Å². The lowest BCUT2D eigenvalue weighted by atomic mass is 10.2. The van der Waals surface area contributed by atoms with Gasteiger partial charge in [0.15, 0.2) is 0 Å². The second-order valence-electron chi connectivity index (χ2n) is 5.04. The van der Waals surface area contributed by atoms with Crippen LogP contribution in [-0.2, 0) is 6.18 Å². The maximum absolute atomic E-state index is 12.7. The quantitative estimate of drug-likeness (QED) is 0.706. The number of hydrogen-bond acceptors (Lipinski definition) is 6. The predicted octanol–water partition coefficient (Wildman–Crippen LogP) is 4.51. The van der Waals surface area contributed by atoms with Gasteiger partial charge in [-0.25, -0.2) is 0 Å². The first-order valence-corrected chi connectivity index (χ1v) is 7.96. The largest absolute Gasteiger partial charge is 0.451 e. The molecule has 126 valence electrons. The van der Waals surface area contributed by atoms with Gasteiger partial charge < -0.3 is 11.1 Å². The lowest BCUT2D eigenvalue weighted by Crippen LogP contribution is -2.17. The Morgan fingerprint density at radius 2 is 1.96 bits per heavy atom. The molecule has 0 amide bonds. The Labute approximate surface area is 143 Å². The van der Waals surface area contributed by atoms with E-state index >= 15 is 0 Å². The van der Waals surface area contributed by atoms with E-state index in [1.807, 2.05) is 18.2 Å². The van der Waals surface area contributed by atoms with Crippen molar-refractivity contribution in [3.63, 3.8) is 0 Å². The van der Waals surface area contributed by atoms with Crippen molar-refractivity contribution in [2.45, 2.75) is 19.1 Å². The molecule has 0 fully saturated rings. The molecule has 0 aliphatic heterocycles. The van der Waals surface area contributed by atoms with E-state index in [4.69, 9.17) is 17.3 Å². The van der Waals surface area contributed by atoms with Crippen LogP contribution in [0.3, 0.4) is 0 Å². The number of hydrogen-bond donors (Lipinski definition) is 2. The molecule has 0 bridgehead atoms. The SMILES string of the molecule is CC(Nc1nc(N)nc(C(F)(F)F)n1)c1cc2ccc(Cl)cc2s1. The van der Waals surface area contributed by atoms with Crippen LogP contribution >= 0.6 is 22.9 Å². The molecule has 1 unspecified atom stereocenters. The minimum absolute atomic E-state index is 0.224. The third kappa shape index (κ3) is 3.51. The van der Waals surface area contributed by atoms with Crippen molar-refractivity contribution in [1.82, 2.24) is 15.0 Å². The van der Waals surface area contributed by atoms with E-state index in [2.05, 4.69) is 20.3 Å². The van der Waals surface area contributed by atoms with E-state index in [1.165, 1.54) is 11.3 Å². The number of nitrogen functional groups attached to an aromatic ring is 1. The predicted molar refractivity (Wildman–Crippen MR) is 88.1 cm³/mol. The number of nitrogens with zero attached hydrogens (tertiary/aromatic N) is 3. The number of nitrogens with one attached hydrogen (secondary N) is 1. The van der Waals surface area contributed by atoms with Crippen molar-refractivity contribution >= 4 is 44.9 Å². The molecule has 0 aliphatic rings. The summed E-state index contributed by atoms with van der Waals surface area (Å²) in [5, 5.41) is 4.44. The van der Waals surface area contributed by atoms with Gasteiger partial charge in [-0.1, -0.05) is 17.7 Å².